The zero-order valence-corrected chi connectivity index (χ0v) is 21.6. The summed E-state index contributed by atoms with van der Waals surface area (Å²) in [5.74, 6) is 0.0194. The SMILES string of the molecule is Cl.O=C(NCCN1CCCC1)c1coc(CN(CCc2c[nH]c3ccccc23)Cc2ccc(F)cc2)n1. The molecule has 0 aliphatic carbocycles. The van der Waals surface area contributed by atoms with E-state index in [9.17, 15) is 9.18 Å². The molecule has 0 radical (unpaired) electrons. The molecule has 7 nitrogen and oxygen atoms in total. The Hall–Kier alpha value is -3.20. The summed E-state index contributed by atoms with van der Waals surface area (Å²) in [6.45, 7) is 5.47. The highest BCUT2D eigenvalue weighted by atomic mass is 35.5. The lowest BCUT2D eigenvalue weighted by Gasteiger charge is -2.21. The Balaban J connectivity index is 0.00000320. The van der Waals surface area contributed by atoms with Crippen LogP contribution < -0.4 is 5.32 Å². The third-order valence-electron chi connectivity index (χ3n) is 6.75. The molecule has 2 aromatic heterocycles. The summed E-state index contributed by atoms with van der Waals surface area (Å²) in [7, 11) is 0. The zero-order chi connectivity index (χ0) is 24.7. The second-order valence-corrected chi connectivity index (χ2v) is 9.38. The van der Waals surface area contributed by atoms with E-state index in [4.69, 9.17) is 4.42 Å². The molecule has 1 amide bonds. The molecule has 1 fully saturated rings. The summed E-state index contributed by atoms with van der Waals surface area (Å²) < 4.78 is 19.1. The fourth-order valence-corrected chi connectivity index (χ4v) is 4.78. The first-order chi connectivity index (χ1) is 17.6. The quantitative estimate of drug-likeness (QED) is 0.294. The second kappa shape index (κ2) is 12.9. The van der Waals surface area contributed by atoms with Gasteiger partial charge in [-0.3, -0.25) is 9.69 Å². The van der Waals surface area contributed by atoms with E-state index in [1.165, 1.54) is 42.2 Å². The fourth-order valence-electron chi connectivity index (χ4n) is 4.78. The fraction of sp³-hybridized carbons (Fsp3) is 0.357. The third-order valence-corrected chi connectivity index (χ3v) is 6.75. The van der Waals surface area contributed by atoms with Crippen LogP contribution in [0.1, 0.15) is 40.3 Å². The van der Waals surface area contributed by atoms with Crippen LogP contribution in [0.5, 0.6) is 0 Å². The number of rotatable bonds is 11. The second-order valence-electron chi connectivity index (χ2n) is 9.38. The highest BCUT2D eigenvalue weighted by Crippen LogP contribution is 2.19. The number of aromatic nitrogens is 2. The lowest BCUT2D eigenvalue weighted by Crippen LogP contribution is -2.33. The number of benzene rings is 2. The van der Waals surface area contributed by atoms with Crippen molar-refractivity contribution < 1.29 is 13.6 Å². The number of para-hydroxylation sites is 1. The first-order valence-electron chi connectivity index (χ1n) is 12.6. The number of amides is 1. The Morgan fingerprint density at radius 3 is 2.70 bits per heavy atom. The number of hydrogen-bond donors (Lipinski definition) is 2. The van der Waals surface area contributed by atoms with E-state index in [1.54, 1.807) is 12.1 Å². The maximum absolute atomic E-state index is 13.4. The van der Waals surface area contributed by atoms with Crippen LogP contribution in [-0.4, -0.2) is 58.4 Å². The Bertz CT molecular complexity index is 1280. The number of oxazole rings is 1. The Morgan fingerprint density at radius 2 is 1.89 bits per heavy atom. The Kier molecular flexibility index (Phi) is 9.33. The number of likely N-dealkylation sites (tertiary alicyclic amines) is 1. The number of nitrogens with zero attached hydrogens (tertiary/aromatic N) is 3. The van der Waals surface area contributed by atoms with Crippen molar-refractivity contribution in [2.45, 2.75) is 32.4 Å². The molecule has 2 N–H and O–H groups in total. The van der Waals surface area contributed by atoms with Gasteiger partial charge in [0, 0.05) is 43.3 Å². The molecular weight excluding hydrogens is 493 g/mol. The van der Waals surface area contributed by atoms with Crippen LogP contribution in [0.25, 0.3) is 10.9 Å². The van der Waals surface area contributed by atoms with Gasteiger partial charge in [-0.2, -0.15) is 0 Å². The third kappa shape index (κ3) is 7.19. The number of nitrogens with one attached hydrogen (secondary N) is 2. The average Bonchev–Trinajstić information content (AvgIpc) is 3.65. The van der Waals surface area contributed by atoms with Crippen molar-refractivity contribution in [3.63, 3.8) is 0 Å². The molecule has 0 saturated carbocycles. The Morgan fingerprint density at radius 1 is 1.11 bits per heavy atom. The van der Waals surface area contributed by atoms with Gasteiger partial charge in [-0.1, -0.05) is 30.3 Å². The number of H-pyrrole nitrogens is 1. The van der Waals surface area contributed by atoms with E-state index >= 15 is 0 Å². The van der Waals surface area contributed by atoms with Crippen LogP contribution in [0.15, 0.2) is 65.4 Å². The number of fused-ring (bicyclic) bond motifs is 1. The molecule has 196 valence electrons. The lowest BCUT2D eigenvalue weighted by molar-refractivity contribution is 0.0944. The van der Waals surface area contributed by atoms with Gasteiger partial charge < -0.3 is 19.6 Å². The lowest BCUT2D eigenvalue weighted by atomic mass is 10.1. The zero-order valence-electron chi connectivity index (χ0n) is 20.8. The van der Waals surface area contributed by atoms with Gasteiger partial charge in [-0.05, 0) is 61.7 Å². The van der Waals surface area contributed by atoms with Crippen LogP contribution in [-0.2, 0) is 19.5 Å². The molecule has 0 unspecified atom stereocenters. The standard InChI is InChI=1S/C28H32FN5O2.ClH/c29-23-9-7-21(8-10-23)18-34(15-11-22-17-31-25-6-2-1-5-24(22)25)19-27-32-26(20-36-27)28(35)30-12-16-33-13-3-4-14-33;/h1-2,5-10,17,20,31H,3-4,11-16,18-19H2,(H,30,35);1H. The highest BCUT2D eigenvalue weighted by Gasteiger charge is 2.17. The van der Waals surface area contributed by atoms with Gasteiger partial charge in [-0.15, -0.1) is 12.4 Å². The molecule has 4 aromatic rings. The average molecular weight is 526 g/mol. The van der Waals surface area contributed by atoms with E-state index in [-0.39, 0.29) is 24.1 Å². The molecule has 0 bridgehead atoms. The van der Waals surface area contributed by atoms with Gasteiger partial charge in [0.05, 0.1) is 6.54 Å². The molecule has 0 spiro atoms. The first kappa shape index (κ1) is 26.9. The van der Waals surface area contributed by atoms with Gasteiger partial charge in [0.1, 0.15) is 12.1 Å². The number of hydrogen-bond acceptors (Lipinski definition) is 5. The van der Waals surface area contributed by atoms with Gasteiger partial charge in [0.15, 0.2) is 5.69 Å². The molecule has 3 heterocycles. The molecule has 0 atom stereocenters. The minimum atomic E-state index is -0.253. The van der Waals surface area contributed by atoms with Crippen LogP contribution in [0.2, 0.25) is 0 Å². The summed E-state index contributed by atoms with van der Waals surface area (Å²) in [6, 6.07) is 14.8. The number of aromatic amines is 1. The first-order valence-corrected chi connectivity index (χ1v) is 12.6. The minimum Gasteiger partial charge on any atom is -0.447 e. The topological polar surface area (TPSA) is 77.4 Å². The van der Waals surface area contributed by atoms with E-state index in [0.717, 1.165) is 43.7 Å². The smallest absolute Gasteiger partial charge is 0.273 e. The van der Waals surface area contributed by atoms with Crippen molar-refractivity contribution in [2.75, 3.05) is 32.7 Å². The van der Waals surface area contributed by atoms with Crippen molar-refractivity contribution in [1.29, 1.82) is 0 Å². The Labute approximate surface area is 222 Å². The summed E-state index contributed by atoms with van der Waals surface area (Å²) in [5.41, 5.74) is 3.65. The summed E-state index contributed by atoms with van der Waals surface area (Å²) >= 11 is 0. The molecule has 5 rings (SSSR count). The van der Waals surface area contributed by atoms with Crippen molar-refractivity contribution in [1.82, 2.24) is 25.1 Å². The van der Waals surface area contributed by atoms with Crippen LogP contribution in [0.3, 0.4) is 0 Å². The summed E-state index contributed by atoms with van der Waals surface area (Å²) in [6.07, 6.45) is 6.77. The normalized spacial score (nSPS) is 13.8. The molecular formula is C28H33ClFN5O2. The van der Waals surface area contributed by atoms with E-state index in [0.29, 0.717) is 31.2 Å². The summed E-state index contributed by atoms with van der Waals surface area (Å²) in [5, 5.41) is 4.15. The maximum Gasteiger partial charge on any atom is 0.273 e. The molecule has 37 heavy (non-hydrogen) atoms. The van der Waals surface area contributed by atoms with Crippen molar-refractivity contribution in [2.24, 2.45) is 0 Å². The molecule has 9 heteroatoms. The van der Waals surface area contributed by atoms with Crippen molar-refractivity contribution >= 4 is 29.2 Å². The molecule has 1 aliphatic heterocycles. The largest absolute Gasteiger partial charge is 0.447 e. The predicted molar refractivity (Wildman–Crippen MR) is 144 cm³/mol. The molecule has 1 saturated heterocycles. The van der Waals surface area contributed by atoms with Gasteiger partial charge in [-0.25, -0.2) is 9.37 Å². The van der Waals surface area contributed by atoms with Gasteiger partial charge >= 0.3 is 0 Å². The van der Waals surface area contributed by atoms with Crippen LogP contribution in [0, 0.1) is 5.82 Å². The minimum absolute atomic E-state index is 0. The van der Waals surface area contributed by atoms with Crippen molar-refractivity contribution in [3.8, 4) is 0 Å². The monoisotopic (exact) mass is 525 g/mol. The van der Waals surface area contributed by atoms with Crippen molar-refractivity contribution in [3.05, 3.63) is 89.5 Å². The van der Waals surface area contributed by atoms with Gasteiger partial charge in [0.2, 0.25) is 5.89 Å². The predicted octanol–water partition coefficient (Wildman–Crippen LogP) is 4.79. The van der Waals surface area contributed by atoms with Crippen LogP contribution in [0.4, 0.5) is 4.39 Å². The van der Waals surface area contributed by atoms with E-state index < -0.39 is 0 Å². The highest BCUT2D eigenvalue weighted by molar-refractivity contribution is 5.91. The number of halogens is 2. The number of carbonyl (C=O) groups is 1. The molecule has 1 aliphatic rings. The maximum atomic E-state index is 13.4. The van der Waals surface area contributed by atoms with E-state index in [1.807, 2.05) is 12.1 Å². The van der Waals surface area contributed by atoms with Crippen LogP contribution >= 0.6 is 12.4 Å². The van der Waals surface area contributed by atoms with E-state index in [2.05, 4.69) is 43.4 Å². The number of carbonyl (C=O) groups excluding carboxylic acids is 1. The molecule has 2 aromatic carbocycles. The summed E-state index contributed by atoms with van der Waals surface area (Å²) in [4.78, 5) is 24.9. The van der Waals surface area contributed by atoms with Gasteiger partial charge in [0.25, 0.3) is 5.91 Å².